The lowest BCUT2D eigenvalue weighted by atomic mass is 10.1. The van der Waals surface area contributed by atoms with Crippen LogP contribution in [0, 0.1) is 11.6 Å². The topological polar surface area (TPSA) is 46.9 Å². The number of hydrogen-bond donors (Lipinski definition) is 1. The minimum absolute atomic E-state index is 0.225. The average molecular weight is 355 g/mol. The Hall–Kier alpha value is -3.02. The van der Waals surface area contributed by atoms with Gasteiger partial charge < -0.3 is 9.88 Å². The fraction of sp³-hybridized carbons (Fsp3) is 0.200. The first-order valence-electron chi connectivity index (χ1n) is 8.27. The van der Waals surface area contributed by atoms with Crippen molar-refractivity contribution in [2.75, 3.05) is 6.54 Å². The molecule has 3 aromatic rings. The Bertz CT molecular complexity index is 975. The molecule has 1 heterocycles. The third-order valence-corrected chi connectivity index (χ3v) is 4.23. The molecule has 134 valence electrons. The van der Waals surface area contributed by atoms with Gasteiger partial charge in [-0.15, -0.1) is 0 Å². The molecular formula is C20H19F2N3O. The number of aryl methyl sites for hydroxylation is 1. The van der Waals surface area contributed by atoms with Gasteiger partial charge in [-0.1, -0.05) is 12.1 Å². The van der Waals surface area contributed by atoms with E-state index in [1.165, 1.54) is 30.3 Å². The van der Waals surface area contributed by atoms with Gasteiger partial charge in [0.05, 0.1) is 11.0 Å². The molecule has 6 heteroatoms. The number of allylic oxidation sites excluding steroid dienone is 1. The summed E-state index contributed by atoms with van der Waals surface area (Å²) >= 11 is 0. The predicted molar refractivity (Wildman–Crippen MR) is 97.4 cm³/mol. The molecule has 0 spiro atoms. The third-order valence-electron chi connectivity index (χ3n) is 4.23. The fourth-order valence-electron chi connectivity index (χ4n) is 2.79. The zero-order chi connectivity index (χ0) is 18.7. The van der Waals surface area contributed by atoms with Gasteiger partial charge >= 0.3 is 0 Å². The van der Waals surface area contributed by atoms with Crippen molar-refractivity contribution in [3.8, 4) is 0 Å². The zero-order valence-corrected chi connectivity index (χ0v) is 14.6. The van der Waals surface area contributed by atoms with Crippen LogP contribution in [-0.4, -0.2) is 22.0 Å². The summed E-state index contributed by atoms with van der Waals surface area (Å²) in [6, 6.07) is 10.5. The molecule has 2 aromatic carbocycles. The van der Waals surface area contributed by atoms with E-state index in [2.05, 4.69) is 10.3 Å². The number of halogens is 2. The van der Waals surface area contributed by atoms with Crippen molar-refractivity contribution in [2.24, 2.45) is 7.05 Å². The predicted octanol–water partition coefficient (Wildman–Crippen LogP) is 3.61. The number of rotatable bonds is 5. The highest BCUT2D eigenvalue weighted by Gasteiger charge is 2.09. The number of benzene rings is 2. The Morgan fingerprint density at radius 2 is 1.85 bits per heavy atom. The van der Waals surface area contributed by atoms with E-state index in [1.54, 1.807) is 25.1 Å². The number of amides is 1. The Morgan fingerprint density at radius 1 is 1.15 bits per heavy atom. The van der Waals surface area contributed by atoms with Gasteiger partial charge in [0, 0.05) is 32.2 Å². The van der Waals surface area contributed by atoms with Crippen LogP contribution in [-0.2, 0) is 18.3 Å². The van der Waals surface area contributed by atoms with Crippen LogP contribution in [0.25, 0.3) is 16.6 Å². The molecule has 0 aliphatic carbocycles. The molecule has 0 bridgehead atoms. The monoisotopic (exact) mass is 355 g/mol. The number of nitrogens with one attached hydrogen (secondary N) is 1. The molecule has 0 aliphatic rings. The third kappa shape index (κ3) is 3.96. The lowest BCUT2D eigenvalue weighted by molar-refractivity contribution is -0.116. The van der Waals surface area contributed by atoms with Crippen LogP contribution in [0.4, 0.5) is 8.78 Å². The van der Waals surface area contributed by atoms with E-state index in [4.69, 9.17) is 0 Å². The number of nitrogens with zero attached hydrogens (tertiary/aromatic N) is 2. The second kappa shape index (κ2) is 7.47. The van der Waals surface area contributed by atoms with Crippen molar-refractivity contribution >= 4 is 22.5 Å². The highest BCUT2D eigenvalue weighted by molar-refractivity contribution is 5.94. The maximum Gasteiger partial charge on any atom is 0.244 e. The van der Waals surface area contributed by atoms with E-state index in [-0.39, 0.29) is 17.5 Å². The fourth-order valence-corrected chi connectivity index (χ4v) is 2.79. The van der Waals surface area contributed by atoms with Crippen LogP contribution < -0.4 is 5.32 Å². The Morgan fingerprint density at radius 3 is 2.58 bits per heavy atom. The molecule has 0 aliphatic heterocycles. The van der Waals surface area contributed by atoms with E-state index < -0.39 is 0 Å². The van der Waals surface area contributed by atoms with Crippen molar-refractivity contribution in [1.29, 1.82) is 0 Å². The van der Waals surface area contributed by atoms with Crippen molar-refractivity contribution in [1.82, 2.24) is 14.9 Å². The molecule has 0 unspecified atom stereocenters. The summed E-state index contributed by atoms with van der Waals surface area (Å²) in [4.78, 5) is 16.5. The van der Waals surface area contributed by atoms with Crippen molar-refractivity contribution < 1.29 is 13.6 Å². The van der Waals surface area contributed by atoms with E-state index in [9.17, 15) is 13.6 Å². The first-order chi connectivity index (χ1) is 12.4. The minimum atomic E-state index is -0.322. The summed E-state index contributed by atoms with van der Waals surface area (Å²) in [6.45, 7) is 2.21. The van der Waals surface area contributed by atoms with Gasteiger partial charge in [0.2, 0.25) is 5.91 Å². The molecule has 0 fully saturated rings. The molecule has 1 amide bonds. The summed E-state index contributed by atoms with van der Waals surface area (Å²) < 4.78 is 28.1. The van der Waals surface area contributed by atoms with Crippen LogP contribution in [0.5, 0.6) is 0 Å². The maximum absolute atomic E-state index is 13.3. The molecule has 26 heavy (non-hydrogen) atoms. The highest BCUT2D eigenvalue weighted by atomic mass is 19.1. The average Bonchev–Trinajstić information content (AvgIpc) is 2.90. The lowest BCUT2D eigenvalue weighted by Crippen LogP contribution is -2.24. The number of carbonyl (C=O) groups excluding carboxylic acids is 1. The molecule has 0 saturated carbocycles. The number of imidazole rings is 1. The standard InChI is InChI=1S/C20H19F2N3O/c1-13(14-3-5-15(21)6-4-14)11-20(26)23-10-9-19-24-17-12-16(22)7-8-18(17)25(19)2/h3-8,11-12H,9-10H2,1-2H3,(H,23,26). The van der Waals surface area contributed by atoms with Crippen LogP contribution in [0.1, 0.15) is 18.3 Å². The molecule has 1 N–H and O–H groups in total. The zero-order valence-electron chi connectivity index (χ0n) is 14.6. The molecule has 4 nitrogen and oxygen atoms in total. The largest absolute Gasteiger partial charge is 0.352 e. The van der Waals surface area contributed by atoms with E-state index in [1.807, 2.05) is 11.6 Å². The number of aromatic nitrogens is 2. The van der Waals surface area contributed by atoms with Crippen LogP contribution in [0.15, 0.2) is 48.5 Å². The van der Waals surface area contributed by atoms with Crippen molar-refractivity contribution in [3.63, 3.8) is 0 Å². The summed E-state index contributed by atoms with van der Waals surface area (Å²) in [5.41, 5.74) is 2.99. The van der Waals surface area contributed by atoms with E-state index in [0.717, 1.165) is 22.5 Å². The molecule has 0 atom stereocenters. The Balaban J connectivity index is 1.61. The first kappa shape index (κ1) is 17.8. The summed E-state index contributed by atoms with van der Waals surface area (Å²) in [5, 5.41) is 2.81. The molecule has 0 radical (unpaired) electrons. The summed E-state index contributed by atoms with van der Waals surface area (Å²) in [5.74, 6) is -0.0908. The van der Waals surface area contributed by atoms with Gasteiger partial charge in [0.1, 0.15) is 17.5 Å². The normalized spacial score (nSPS) is 11.8. The number of hydrogen-bond acceptors (Lipinski definition) is 2. The van der Waals surface area contributed by atoms with Gasteiger partial charge in [-0.3, -0.25) is 4.79 Å². The van der Waals surface area contributed by atoms with Gasteiger partial charge in [-0.05, 0) is 42.3 Å². The molecular weight excluding hydrogens is 336 g/mol. The first-order valence-corrected chi connectivity index (χ1v) is 8.27. The second-order valence-corrected chi connectivity index (χ2v) is 6.10. The van der Waals surface area contributed by atoms with Gasteiger partial charge in [-0.2, -0.15) is 0 Å². The SMILES string of the molecule is CC(=CC(=O)NCCc1nc2cc(F)ccc2n1C)c1ccc(F)cc1. The van der Waals surface area contributed by atoms with Crippen molar-refractivity contribution in [2.45, 2.75) is 13.3 Å². The second-order valence-electron chi connectivity index (χ2n) is 6.10. The van der Waals surface area contributed by atoms with E-state index >= 15 is 0 Å². The Labute approximate surface area is 150 Å². The quantitative estimate of drug-likeness (QED) is 0.711. The highest BCUT2D eigenvalue weighted by Crippen LogP contribution is 2.16. The molecule has 3 rings (SSSR count). The summed E-state index contributed by atoms with van der Waals surface area (Å²) in [7, 11) is 1.86. The summed E-state index contributed by atoms with van der Waals surface area (Å²) in [6.07, 6.45) is 2.01. The van der Waals surface area contributed by atoms with Gasteiger partial charge in [0.25, 0.3) is 0 Å². The lowest BCUT2D eigenvalue weighted by Gasteiger charge is -2.05. The Kier molecular flexibility index (Phi) is 5.11. The van der Waals surface area contributed by atoms with Gasteiger partial charge in [0.15, 0.2) is 0 Å². The molecule has 1 aromatic heterocycles. The van der Waals surface area contributed by atoms with Crippen LogP contribution >= 0.6 is 0 Å². The number of carbonyl (C=O) groups is 1. The van der Waals surface area contributed by atoms with E-state index in [0.29, 0.717) is 18.5 Å². The molecule has 0 saturated heterocycles. The maximum atomic E-state index is 13.3. The van der Waals surface area contributed by atoms with Gasteiger partial charge in [-0.25, -0.2) is 13.8 Å². The van der Waals surface area contributed by atoms with Crippen LogP contribution in [0.3, 0.4) is 0 Å². The smallest absolute Gasteiger partial charge is 0.244 e. The number of fused-ring (bicyclic) bond motifs is 1. The minimum Gasteiger partial charge on any atom is -0.352 e. The van der Waals surface area contributed by atoms with Crippen molar-refractivity contribution in [3.05, 3.63) is 71.6 Å². The van der Waals surface area contributed by atoms with Crippen LogP contribution in [0.2, 0.25) is 0 Å².